The van der Waals surface area contributed by atoms with E-state index >= 15 is 0 Å². The van der Waals surface area contributed by atoms with Gasteiger partial charge in [0.05, 0.1) is 12.8 Å². The molecular formula is C23H30N2O2. The number of aryl methyl sites for hydroxylation is 2. The van der Waals surface area contributed by atoms with Crippen molar-refractivity contribution in [3.63, 3.8) is 0 Å². The minimum atomic E-state index is 0.919. The molecule has 0 radical (unpaired) electrons. The molecule has 0 N–H and O–H groups in total. The van der Waals surface area contributed by atoms with Gasteiger partial charge in [-0.05, 0) is 68.3 Å². The van der Waals surface area contributed by atoms with Crippen LogP contribution < -0.4 is 4.74 Å². The topological polar surface area (TPSA) is 38.5 Å². The first kappa shape index (κ1) is 18.3. The molecule has 4 heteroatoms. The zero-order valence-corrected chi connectivity index (χ0v) is 16.4. The van der Waals surface area contributed by atoms with Gasteiger partial charge in [0.25, 0.3) is 0 Å². The first-order chi connectivity index (χ1) is 13.3. The number of benzene rings is 1. The zero-order valence-electron chi connectivity index (χ0n) is 16.4. The summed E-state index contributed by atoms with van der Waals surface area (Å²) < 4.78 is 10.9. The average molecular weight is 367 g/mol. The van der Waals surface area contributed by atoms with Crippen LogP contribution in [0.25, 0.3) is 5.57 Å². The second kappa shape index (κ2) is 8.75. The molecule has 0 amide bonds. The Morgan fingerprint density at radius 1 is 1.07 bits per heavy atom. The van der Waals surface area contributed by atoms with Gasteiger partial charge in [-0.25, -0.2) is 0 Å². The van der Waals surface area contributed by atoms with Gasteiger partial charge in [-0.15, -0.1) is 0 Å². The van der Waals surface area contributed by atoms with Gasteiger partial charge in [0, 0.05) is 25.1 Å². The highest BCUT2D eigenvalue weighted by molar-refractivity contribution is 5.67. The lowest BCUT2D eigenvalue weighted by atomic mass is 9.99. The van der Waals surface area contributed by atoms with Gasteiger partial charge in [-0.1, -0.05) is 29.8 Å². The van der Waals surface area contributed by atoms with Gasteiger partial charge in [-0.2, -0.15) is 0 Å². The SMILES string of the molecule is COc1ccc(C2=CCN(CCCc3onc4c3CCCCC4)CC2)cc1. The van der Waals surface area contributed by atoms with Crippen LogP contribution in [-0.2, 0) is 19.3 Å². The number of nitrogens with zero attached hydrogens (tertiary/aromatic N) is 2. The molecule has 0 fully saturated rings. The van der Waals surface area contributed by atoms with Crippen molar-refractivity contribution in [2.75, 3.05) is 26.7 Å². The summed E-state index contributed by atoms with van der Waals surface area (Å²) in [6.07, 6.45) is 11.8. The summed E-state index contributed by atoms with van der Waals surface area (Å²) in [4.78, 5) is 2.54. The average Bonchev–Trinajstić information content (AvgIpc) is 2.95. The third kappa shape index (κ3) is 4.44. The van der Waals surface area contributed by atoms with Crippen LogP contribution in [-0.4, -0.2) is 36.8 Å². The van der Waals surface area contributed by atoms with E-state index in [2.05, 4.69) is 28.3 Å². The third-order valence-electron chi connectivity index (χ3n) is 5.92. The van der Waals surface area contributed by atoms with Crippen molar-refractivity contribution in [3.8, 4) is 5.75 Å². The van der Waals surface area contributed by atoms with E-state index in [0.717, 1.165) is 63.2 Å². The van der Waals surface area contributed by atoms with Crippen molar-refractivity contribution in [2.45, 2.75) is 51.4 Å². The van der Waals surface area contributed by atoms with Gasteiger partial charge in [0.15, 0.2) is 0 Å². The number of ether oxygens (including phenoxy) is 1. The standard InChI is InChI=1S/C23H30N2O2/c1-26-20-11-9-18(10-12-20)19-13-16-25(17-14-19)15-5-8-23-21-6-3-2-4-7-22(21)24-27-23/h9-13H,2-8,14-17H2,1H3. The Labute approximate surface area is 162 Å². The molecule has 2 aromatic rings. The van der Waals surface area contributed by atoms with E-state index in [4.69, 9.17) is 9.26 Å². The number of aromatic nitrogens is 1. The third-order valence-corrected chi connectivity index (χ3v) is 5.92. The monoisotopic (exact) mass is 366 g/mol. The quantitative estimate of drug-likeness (QED) is 0.696. The van der Waals surface area contributed by atoms with Crippen molar-refractivity contribution in [1.82, 2.24) is 10.1 Å². The van der Waals surface area contributed by atoms with Crippen LogP contribution in [0.5, 0.6) is 5.75 Å². The van der Waals surface area contributed by atoms with Gasteiger partial charge in [-0.3, -0.25) is 4.90 Å². The van der Waals surface area contributed by atoms with Crippen LogP contribution >= 0.6 is 0 Å². The van der Waals surface area contributed by atoms with Gasteiger partial charge < -0.3 is 9.26 Å². The molecule has 0 unspecified atom stereocenters. The zero-order chi connectivity index (χ0) is 18.5. The summed E-state index contributed by atoms with van der Waals surface area (Å²) >= 11 is 0. The van der Waals surface area contributed by atoms with Gasteiger partial charge in [0.2, 0.25) is 0 Å². The maximum atomic E-state index is 5.67. The number of fused-ring (bicyclic) bond motifs is 1. The molecule has 2 heterocycles. The lowest BCUT2D eigenvalue weighted by molar-refractivity contribution is 0.290. The van der Waals surface area contributed by atoms with Crippen LogP contribution in [0.1, 0.15) is 54.7 Å². The lowest BCUT2D eigenvalue weighted by Gasteiger charge is -2.26. The van der Waals surface area contributed by atoms with Gasteiger partial charge in [0.1, 0.15) is 11.5 Å². The highest BCUT2D eigenvalue weighted by Crippen LogP contribution is 2.26. The Morgan fingerprint density at radius 2 is 1.93 bits per heavy atom. The maximum absolute atomic E-state index is 5.67. The highest BCUT2D eigenvalue weighted by atomic mass is 16.5. The molecule has 0 atom stereocenters. The maximum Gasteiger partial charge on any atom is 0.140 e. The van der Waals surface area contributed by atoms with E-state index in [-0.39, 0.29) is 0 Å². The number of hydrogen-bond donors (Lipinski definition) is 0. The minimum absolute atomic E-state index is 0.919. The summed E-state index contributed by atoms with van der Waals surface area (Å²) in [6.45, 7) is 3.30. The van der Waals surface area contributed by atoms with E-state index in [1.54, 1.807) is 7.11 Å². The first-order valence-corrected chi connectivity index (χ1v) is 10.4. The molecule has 2 aliphatic rings. The molecular weight excluding hydrogens is 336 g/mol. The fraction of sp³-hybridized carbons (Fsp3) is 0.522. The smallest absolute Gasteiger partial charge is 0.140 e. The van der Waals surface area contributed by atoms with Crippen LogP contribution in [0.4, 0.5) is 0 Å². The highest BCUT2D eigenvalue weighted by Gasteiger charge is 2.18. The second-order valence-corrected chi connectivity index (χ2v) is 7.70. The molecule has 0 saturated carbocycles. The Kier molecular flexibility index (Phi) is 5.93. The predicted octanol–water partition coefficient (Wildman–Crippen LogP) is 4.67. The molecule has 4 rings (SSSR count). The Hall–Kier alpha value is -2.07. The van der Waals surface area contributed by atoms with Crippen molar-refractivity contribution in [2.24, 2.45) is 0 Å². The molecule has 4 nitrogen and oxygen atoms in total. The van der Waals surface area contributed by atoms with Crippen molar-refractivity contribution in [3.05, 3.63) is 52.9 Å². The molecule has 1 aromatic carbocycles. The van der Waals surface area contributed by atoms with Crippen molar-refractivity contribution >= 4 is 5.57 Å². The normalized spacial score (nSPS) is 17.9. The lowest BCUT2D eigenvalue weighted by Crippen LogP contribution is -2.29. The predicted molar refractivity (Wildman–Crippen MR) is 108 cm³/mol. The second-order valence-electron chi connectivity index (χ2n) is 7.70. The fourth-order valence-electron chi connectivity index (χ4n) is 4.27. The first-order valence-electron chi connectivity index (χ1n) is 10.4. The molecule has 0 spiro atoms. The minimum Gasteiger partial charge on any atom is -0.497 e. The summed E-state index contributed by atoms with van der Waals surface area (Å²) in [5.41, 5.74) is 5.43. The molecule has 0 bridgehead atoms. The molecule has 1 aromatic heterocycles. The van der Waals surface area contributed by atoms with Crippen molar-refractivity contribution in [1.29, 1.82) is 0 Å². The fourth-order valence-corrected chi connectivity index (χ4v) is 4.27. The number of hydrogen-bond acceptors (Lipinski definition) is 4. The van der Waals surface area contributed by atoms with Crippen LogP contribution in [0.15, 0.2) is 34.9 Å². The Morgan fingerprint density at radius 3 is 2.70 bits per heavy atom. The summed E-state index contributed by atoms with van der Waals surface area (Å²) in [5, 5.41) is 4.33. The van der Waals surface area contributed by atoms with E-state index in [9.17, 15) is 0 Å². The molecule has 1 aliphatic carbocycles. The summed E-state index contributed by atoms with van der Waals surface area (Å²) in [7, 11) is 1.71. The van der Waals surface area contributed by atoms with E-state index in [1.165, 1.54) is 41.7 Å². The van der Waals surface area contributed by atoms with Crippen LogP contribution in [0, 0.1) is 0 Å². The Balaban J connectivity index is 1.27. The van der Waals surface area contributed by atoms with Gasteiger partial charge >= 0.3 is 0 Å². The summed E-state index contributed by atoms with van der Waals surface area (Å²) in [6, 6.07) is 8.41. The van der Waals surface area contributed by atoms with Crippen LogP contribution in [0.3, 0.4) is 0 Å². The largest absolute Gasteiger partial charge is 0.497 e. The number of methoxy groups -OCH3 is 1. The molecule has 1 aliphatic heterocycles. The van der Waals surface area contributed by atoms with Crippen molar-refractivity contribution < 1.29 is 9.26 Å². The van der Waals surface area contributed by atoms with E-state index in [0.29, 0.717) is 0 Å². The van der Waals surface area contributed by atoms with E-state index in [1.807, 2.05) is 12.1 Å². The van der Waals surface area contributed by atoms with E-state index < -0.39 is 0 Å². The summed E-state index contributed by atoms with van der Waals surface area (Å²) in [5.74, 6) is 2.07. The number of rotatable bonds is 6. The molecule has 27 heavy (non-hydrogen) atoms. The van der Waals surface area contributed by atoms with Crippen LogP contribution in [0.2, 0.25) is 0 Å². The Bertz CT molecular complexity index is 776. The molecule has 144 valence electrons. The molecule has 0 saturated heterocycles.